The Morgan fingerprint density at radius 3 is 2.58 bits per heavy atom. The third kappa shape index (κ3) is 4.55. The van der Waals surface area contributed by atoms with E-state index in [1.165, 1.54) is 11.3 Å². The molecule has 0 saturated carbocycles. The van der Waals surface area contributed by atoms with Crippen molar-refractivity contribution < 1.29 is 4.79 Å². The van der Waals surface area contributed by atoms with Gasteiger partial charge in [0.2, 0.25) is 5.91 Å². The summed E-state index contributed by atoms with van der Waals surface area (Å²) in [5.74, 6) is 0.0795. The summed E-state index contributed by atoms with van der Waals surface area (Å²) in [7, 11) is 0. The molecule has 0 atom stereocenters. The molecule has 2 aromatic rings. The topological polar surface area (TPSA) is 48.5 Å². The molecule has 1 saturated heterocycles. The van der Waals surface area contributed by atoms with Gasteiger partial charge in [-0.15, -0.1) is 0 Å². The molecule has 3 rings (SSSR count). The Kier molecular flexibility index (Phi) is 5.43. The first-order valence-electron chi connectivity index (χ1n) is 8.40. The van der Waals surface area contributed by atoms with Crippen LogP contribution in [0.15, 0.2) is 48.8 Å². The van der Waals surface area contributed by atoms with Gasteiger partial charge in [0, 0.05) is 50.8 Å². The Bertz CT molecular complexity index is 666. The molecule has 0 radical (unpaired) electrons. The minimum Gasteiger partial charge on any atom is -0.369 e. The van der Waals surface area contributed by atoms with Gasteiger partial charge in [0.25, 0.3) is 0 Å². The Morgan fingerprint density at radius 2 is 1.88 bits per heavy atom. The van der Waals surface area contributed by atoms with Crippen LogP contribution in [-0.4, -0.2) is 48.5 Å². The summed E-state index contributed by atoms with van der Waals surface area (Å²) in [5.41, 5.74) is 3.63. The van der Waals surface area contributed by atoms with E-state index in [4.69, 9.17) is 0 Å². The summed E-state index contributed by atoms with van der Waals surface area (Å²) in [6, 6.07) is 12.4. The van der Waals surface area contributed by atoms with Gasteiger partial charge < -0.3 is 10.2 Å². The number of carbonyl (C=O) groups excluding carboxylic acids is 1. The quantitative estimate of drug-likeness (QED) is 0.911. The van der Waals surface area contributed by atoms with E-state index < -0.39 is 0 Å². The second kappa shape index (κ2) is 7.93. The molecule has 0 bridgehead atoms. The van der Waals surface area contributed by atoms with E-state index in [0.29, 0.717) is 13.1 Å². The summed E-state index contributed by atoms with van der Waals surface area (Å²) < 4.78 is 0. The van der Waals surface area contributed by atoms with Gasteiger partial charge >= 0.3 is 0 Å². The van der Waals surface area contributed by atoms with E-state index in [1.54, 1.807) is 12.4 Å². The van der Waals surface area contributed by atoms with Gasteiger partial charge in [-0.25, -0.2) is 0 Å². The van der Waals surface area contributed by atoms with Crippen LogP contribution in [0, 0.1) is 6.92 Å². The number of carbonyl (C=O) groups is 1. The molecule has 5 heteroatoms. The minimum atomic E-state index is 0.0795. The number of nitrogens with zero attached hydrogens (tertiary/aromatic N) is 3. The van der Waals surface area contributed by atoms with Crippen molar-refractivity contribution >= 4 is 11.6 Å². The summed E-state index contributed by atoms with van der Waals surface area (Å²) in [5, 5.41) is 2.97. The molecule has 1 aliphatic heterocycles. The van der Waals surface area contributed by atoms with E-state index in [1.807, 2.05) is 12.1 Å². The molecule has 5 nitrogen and oxygen atoms in total. The molecule has 1 amide bonds. The van der Waals surface area contributed by atoms with Crippen molar-refractivity contribution in [3.63, 3.8) is 0 Å². The van der Waals surface area contributed by atoms with Crippen molar-refractivity contribution in [2.75, 3.05) is 37.6 Å². The van der Waals surface area contributed by atoms with Crippen LogP contribution in [-0.2, 0) is 11.3 Å². The lowest BCUT2D eigenvalue weighted by Gasteiger charge is -2.35. The number of amides is 1. The van der Waals surface area contributed by atoms with Crippen LogP contribution in [0.3, 0.4) is 0 Å². The lowest BCUT2D eigenvalue weighted by molar-refractivity contribution is -0.122. The zero-order valence-corrected chi connectivity index (χ0v) is 14.1. The average molecular weight is 324 g/mol. The number of aryl methyl sites for hydroxylation is 1. The number of hydrogen-bond donors (Lipinski definition) is 1. The first-order chi connectivity index (χ1) is 11.7. The van der Waals surface area contributed by atoms with Crippen molar-refractivity contribution in [1.82, 2.24) is 15.2 Å². The predicted octanol–water partition coefficient (Wildman–Crippen LogP) is 1.83. The van der Waals surface area contributed by atoms with Crippen LogP contribution in [0.2, 0.25) is 0 Å². The van der Waals surface area contributed by atoms with Crippen molar-refractivity contribution in [3.8, 4) is 0 Å². The molecule has 1 aromatic heterocycles. The first kappa shape index (κ1) is 16.5. The van der Waals surface area contributed by atoms with Gasteiger partial charge in [0.15, 0.2) is 0 Å². The van der Waals surface area contributed by atoms with E-state index >= 15 is 0 Å². The van der Waals surface area contributed by atoms with Gasteiger partial charge in [-0.05, 0) is 42.3 Å². The highest BCUT2D eigenvalue weighted by atomic mass is 16.2. The second-order valence-electron chi connectivity index (χ2n) is 6.23. The van der Waals surface area contributed by atoms with Crippen LogP contribution < -0.4 is 10.2 Å². The SMILES string of the molecule is Cc1cccc(N2CCN(CC(=O)NCc3ccncc3)CC2)c1. The number of anilines is 1. The molecule has 126 valence electrons. The summed E-state index contributed by atoms with van der Waals surface area (Å²) in [6.07, 6.45) is 3.48. The van der Waals surface area contributed by atoms with Crippen molar-refractivity contribution in [1.29, 1.82) is 0 Å². The highest BCUT2D eigenvalue weighted by molar-refractivity contribution is 5.78. The molecule has 1 aromatic carbocycles. The maximum atomic E-state index is 12.1. The fraction of sp³-hybridized carbons (Fsp3) is 0.368. The number of pyridine rings is 1. The van der Waals surface area contributed by atoms with E-state index in [0.717, 1.165) is 31.7 Å². The normalized spacial score (nSPS) is 15.3. The zero-order valence-electron chi connectivity index (χ0n) is 14.1. The molecule has 1 N–H and O–H groups in total. The van der Waals surface area contributed by atoms with Gasteiger partial charge in [0.05, 0.1) is 6.54 Å². The predicted molar refractivity (Wildman–Crippen MR) is 95.9 cm³/mol. The highest BCUT2D eigenvalue weighted by Crippen LogP contribution is 2.17. The monoisotopic (exact) mass is 324 g/mol. The largest absolute Gasteiger partial charge is 0.369 e. The lowest BCUT2D eigenvalue weighted by atomic mass is 10.2. The molecule has 0 aliphatic carbocycles. The highest BCUT2D eigenvalue weighted by Gasteiger charge is 2.19. The molecule has 2 heterocycles. The van der Waals surface area contributed by atoms with Crippen molar-refractivity contribution in [2.24, 2.45) is 0 Å². The Hall–Kier alpha value is -2.40. The first-order valence-corrected chi connectivity index (χ1v) is 8.40. The number of piperazine rings is 1. The molecule has 0 unspecified atom stereocenters. The van der Waals surface area contributed by atoms with Crippen LogP contribution in [0.1, 0.15) is 11.1 Å². The smallest absolute Gasteiger partial charge is 0.234 e. The maximum Gasteiger partial charge on any atom is 0.234 e. The van der Waals surface area contributed by atoms with Gasteiger partial charge in [-0.3, -0.25) is 14.7 Å². The fourth-order valence-corrected chi connectivity index (χ4v) is 2.95. The van der Waals surface area contributed by atoms with Crippen LogP contribution in [0.4, 0.5) is 5.69 Å². The van der Waals surface area contributed by atoms with Crippen molar-refractivity contribution in [3.05, 3.63) is 59.9 Å². The molecular weight excluding hydrogens is 300 g/mol. The zero-order chi connectivity index (χ0) is 16.8. The van der Waals surface area contributed by atoms with E-state index in [2.05, 4.69) is 51.3 Å². The fourth-order valence-electron chi connectivity index (χ4n) is 2.95. The van der Waals surface area contributed by atoms with E-state index in [-0.39, 0.29) is 5.91 Å². The van der Waals surface area contributed by atoms with Gasteiger partial charge in [-0.2, -0.15) is 0 Å². The lowest BCUT2D eigenvalue weighted by Crippen LogP contribution is -2.49. The third-order valence-corrected chi connectivity index (χ3v) is 4.35. The van der Waals surface area contributed by atoms with Crippen LogP contribution in [0.25, 0.3) is 0 Å². The number of aromatic nitrogens is 1. The standard InChI is InChI=1S/C19H24N4O/c1-16-3-2-4-18(13-16)23-11-9-22(10-12-23)15-19(24)21-14-17-5-7-20-8-6-17/h2-8,13H,9-12,14-15H2,1H3,(H,21,24). The maximum absolute atomic E-state index is 12.1. The second-order valence-corrected chi connectivity index (χ2v) is 6.23. The Balaban J connectivity index is 1.42. The summed E-state index contributed by atoms with van der Waals surface area (Å²) in [6.45, 7) is 6.89. The summed E-state index contributed by atoms with van der Waals surface area (Å²) in [4.78, 5) is 20.7. The van der Waals surface area contributed by atoms with E-state index in [9.17, 15) is 4.79 Å². The third-order valence-electron chi connectivity index (χ3n) is 4.35. The van der Waals surface area contributed by atoms with Crippen LogP contribution >= 0.6 is 0 Å². The minimum absolute atomic E-state index is 0.0795. The Labute approximate surface area is 143 Å². The summed E-state index contributed by atoms with van der Waals surface area (Å²) >= 11 is 0. The van der Waals surface area contributed by atoms with Gasteiger partial charge in [-0.1, -0.05) is 12.1 Å². The molecule has 1 fully saturated rings. The van der Waals surface area contributed by atoms with Crippen molar-refractivity contribution in [2.45, 2.75) is 13.5 Å². The molecule has 24 heavy (non-hydrogen) atoms. The molecule has 1 aliphatic rings. The van der Waals surface area contributed by atoms with Gasteiger partial charge in [0.1, 0.15) is 0 Å². The molecular formula is C19H24N4O. The number of rotatable bonds is 5. The number of benzene rings is 1. The average Bonchev–Trinajstić information content (AvgIpc) is 2.61. The van der Waals surface area contributed by atoms with Crippen LogP contribution in [0.5, 0.6) is 0 Å². The molecule has 0 spiro atoms. The number of hydrogen-bond acceptors (Lipinski definition) is 4. The Morgan fingerprint density at radius 1 is 1.12 bits per heavy atom. The number of nitrogens with one attached hydrogen (secondary N) is 1.